The minimum Gasteiger partial charge on any atom is -0.366 e. The number of piperazine rings is 1. The minimum atomic E-state index is -4.46. The Balaban J connectivity index is 1.63. The van der Waals surface area contributed by atoms with Crippen LogP contribution >= 0.6 is 11.8 Å². The summed E-state index contributed by atoms with van der Waals surface area (Å²) in [6.45, 7) is 2.83. The Hall–Kier alpha value is -2.75. The van der Waals surface area contributed by atoms with Gasteiger partial charge in [0, 0.05) is 43.8 Å². The second kappa shape index (κ2) is 10.2. The topological polar surface area (TPSA) is 52.7 Å². The summed E-state index contributed by atoms with van der Waals surface area (Å²) in [4.78, 5) is 28.4. The molecular formula is C22H23F4N3O2S. The Morgan fingerprint density at radius 3 is 2.38 bits per heavy atom. The monoisotopic (exact) mass is 469 g/mol. The maximum atomic E-state index is 14.0. The fourth-order valence-corrected chi connectivity index (χ4v) is 4.43. The first-order valence-corrected chi connectivity index (χ1v) is 11.0. The molecule has 1 aliphatic heterocycles. The highest BCUT2D eigenvalue weighted by atomic mass is 32.2. The molecule has 1 aliphatic rings. The van der Waals surface area contributed by atoms with Gasteiger partial charge in [0.15, 0.2) is 0 Å². The predicted octanol–water partition coefficient (Wildman–Crippen LogP) is 3.79. The molecule has 2 aromatic carbocycles. The van der Waals surface area contributed by atoms with Crippen molar-refractivity contribution < 1.29 is 27.2 Å². The highest BCUT2D eigenvalue weighted by molar-refractivity contribution is 7.99. The average molecular weight is 470 g/mol. The molecule has 0 spiro atoms. The molecule has 0 radical (unpaired) electrons. The molecule has 0 aromatic heterocycles. The van der Waals surface area contributed by atoms with E-state index in [0.29, 0.717) is 36.8 Å². The van der Waals surface area contributed by atoms with Gasteiger partial charge in [0.05, 0.1) is 11.3 Å². The number of alkyl halides is 3. The molecule has 1 atom stereocenters. The zero-order valence-corrected chi connectivity index (χ0v) is 18.2. The Bertz CT molecular complexity index is 962. The molecular weight excluding hydrogens is 446 g/mol. The number of nitrogens with zero attached hydrogens (tertiary/aromatic N) is 2. The van der Waals surface area contributed by atoms with Gasteiger partial charge in [-0.05, 0) is 30.3 Å². The third-order valence-electron chi connectivity index (χ3n) is 5.04. The lowest BCUT2D eigenvalue weighted by atomic mass is 10.2. The van der Waals surface area contributed by atoms with E-state index in [1.807, 2.05) is 4.90 Å². The van der Waals surface area contributed by atoms with E-state index in [1.54, 1.807) is 23.1 Å². The van der Waals surface area contributed by atoms with Gasteiger partial charge in [-0.3, -0.25) is 9.59 Å². The zero-order chi connectivity index (χ0) is 23.3. The molecule has 2 aromatic rings. The van der Waals surface area contributed by atoms with Crippen LogP contribution in [0.5, 0.6) is 0 Å². The van der Waals surface area contributed by atoms with E-state index < -0.39 is 23.7 Å². The number of halogens is 4. The van der Waals surface area contributed by atoms with Crippen LogP contribution in [0.3, 0.4) is 0 Å². The first-order chi connectivity index (χ1) is 15.1. The number of carbonyl (C=O) groups excluding carboxylic acids is 2. The molecule has 1 saturated heterocycles. The second-order valence-corrected chi connectivity index (χ2v) is 8.45. The van der Waals surface area contributed by atoms with Crippen molar-refractivity contribution >= 4 is 29.3 Å². The molecule has 32 heavy (non-hydrogen) atoms. The van der Waals surface area contributed by atoms with Gasteiger partial charge in [0.25, 0.3) is 0 Å². The molecule has 172 valence electrons. The number of carbonyl (C=O) groups is 2. The number of anilines is 1. The van der Waals surface area contributed by atoms with Crippen LogP contribution < -0.4 is 10.2 Å². The lowest BCUT2D eigenvalue weighted by Gasteiger charge is -2.37. The van der Waals surface area contributed by atoms with Gasteiger partial charge in [-0.25, -0.2) is 4.39 Å². The number of nitrogens with one attached hydrogen (secondary N) is 1. The Kier molecular flexibility index (Phi) is 7.65. The first kappa shape index (κ1) is 23.9. The molecule has 0 bridgehead atoms. The van der Waals surface area contributed by atoms with Gasteiger partial charge in [0.1, 0.15) is 11.9 Å². The molecule has 3 rings (SSSR count). The second-order valence-electron chi connectivity index (χ2n) is 7.35. The van der Waals surface area contributed by atoms with Crippen LogP contribution in [-0.4, -0.2) is 54.7 Å². The number of hydrogen-bond donors (Lipinski definition) is 1. The molecule has 1 fully saturated rings. The van der Waals surface area contributed by atoms with E-state index >= 15 is 0 Å². The molecule has 0 aliphatic carbocycles. The molecule has 1 unspecified atom stereocenters. The van der Waals surface area contributed by atoms with Crippen LogP contribution in [0.4, 0.5) is 23.2 Å². The number of hydrogen-bond acceptors (Lipinski definition) is 4. The van der Waals surface area contributed by atoms with Crippen molar-refractivity contribution in [3.63, 3.8) is 0 Å². The third-order valence-corrected chi connectivity index (χ3v) is 6.13. The van der Waals surface area contributed by atoms with Gasteiger partial charge in [-0.1, -0.05) is 18.2 Å². The summed E-state index contributed by atoms with van der Waals surface area (Å²) in [5.74, 6) is -0.959. The summed E-state index contributed by atoms with van der Waals surface area (Å²) in [7, 11) is 0. The summed E-state index contributed by atoms with van der Waals surface area (Å²) in [5, 5.41) is 2.60. The standard InChI is InChI=1S/C22H23F4N3O2S/c1-15(30)27-19(14-32-17-6-4-5-16(13-17)22(24,25)26)21(31)29-11-9-28(10-12-29)20-8-3-2-7-18(20)23/h2-8,13,19H,9-12,14H2,1H3,(H,27,30). The van der Waals surface area contributed by atoms with E-state index in [0.717, 1.165) is 23.9 Å². The Morgan fingerprint density at radius 1 is 1.06 bits per heavy atom. The van der Waals surface area contributed by atoms with E-state index in [4.69, 9.17) is 0 Å². The van der Waals surface area contributed by atoms with Crippen LogP contribution in [-0.2, 0) is 15.8 Å². The Morgan fingerprint density at radius 2 is 1.75 bits per heavy atom. The summed E-state index contributed by atoms with van der Waals surface area (Å²) < 4.78 is 52.8. The van der Waals surface area contributed by atoms with Crippen molar-refractivity contribution in [2.24, 2.45) is 0 Å². The van der Waals surface area contributed by atoms with Crippen molar-refractivity contribution in [3.05, 3.63) is 59.9 Å². The SMILES string of the molecule is CC(=O)NC(CSc1cccc(C(F)(F)F)c1)C(=O)N1CCN(c2ccccc2F)CC1. The van der Waals surface area contributed by atoms with E-state index in [9.17, 15) is 27.2 Å². The van der Waals surface area contributed by atoms with Crippen molar-refractivity contribution in [1.29, 1.82) is 0 Å². The largest absolute Gasteiger partial charge is 0.416 e. The van der Waals surface area contributed by atoms with Crippen molar-refractivity contribution in [2.45, 2.75) is 24.0 Å². The predicted molar refractivity (Wildman–Crippen MR) is 115 cm³/mol. The van der Waals surface area contributed by atoms with Crippen molar-refractivity contribution in [3.8, 4) is 0 Å². The quantitative estimate of drug-likeness (QED) is 0.517. The zero-order valence-electron chi connectivity index (χ0n) is 17.4. The van der Waals surface area contributed by atoms with Crippen LogP contribution in [0.1, 0.15) is 12.5 Å². The van der Waals surface area contributed by atoms with Crippen LogP contribution in [0.15, 0.2) is 53.4 Å². The lowest BCUT2D eigenvalue weighted by Crippen LogP contribution is -2.55. The van der Waals surface area contributed by atoms with E-state index in [-0.39, 0.29) is 17.5 Å². The summed E-state index contributed by atoms with van der Waals surface area (Å²) in [6, 6.07) is 10.4. The van der Waals surface area contributed by atoms with Crippen molar-refractivity contribution in [1.82, 2.24) is 10.2 Å². The third kappa shape index (κ3) is 6.15. The molecule has 1 heterocycles. The fourth-order valence-electron chi connectivity index (χ4n) is 3.46. The molecule has 2 amide bonds. The number of para-hydroxylation sites is 1. The van der Waals surface area contributed by atoms with Crippen LogP contribution in [0.25, 0.3) is 0 Å². The van der Waals surface area contributed by atoms with Gasteiger partial charge in [0.2, 0.25) is 11.8 Å². The summed E-state index contributed by atoms with van der Waals surface area (Å²) >= 11 is 1.07. The number of benzene rings is 2. The first-order valence-electron chi connectivity index (χ1n) is 10.0. The number of thioether (sulfide) groups is 1. The molecule has 0 saturated carbocycles. The average Bonchev–Trinajstić information content (AvgIpc) is 2.76. The maximum absolute atomic E-state index is 14.0. The van der Waals surface area contributed by atoms with Gasteiger partial charge in [-0.2, -0.15) is 13.2 Å². The lowest BCUT2D eigenvalue weighted by molar-refractivity contribution is -0.137. The van der Waals surface area contributed by atoms with E-state index in [1.165, 1.54) is 25.1 Å². The Labute approximate surface area is 187 Å². The normalized spacial score (nSPS) is 15.4. The van der Waals surface area contributed by atoms with Gasteiger partial charge < -0.3 is 15.1 Å². The van der Waals surface area contributed by atoms with E-state index in [2.05, 4.69) is 5.32 Å². The van der Waals surface area contributed by atoms with Crippen molar-refractivity contribution in [2.75, 3.05) is 36.8 Å². The minimum absolute atomic E-state index is 0.0905. The smallest absolute Gasteiger partial charge is 0.366 e. The maximum Gasteiger partial charge on any atom is 0.416 e. The van der Waals surface area contributed by atoms with Gasteiger partial charge in [-0.15, -0.1) is 11.8 Å². The summed E-state index contributed by atoms with van der Waals surface area (Å²) in [6.07, 6.45) is -4.46. The summed E-state index contributed by atoms with van der Waals surface area (Å²) in [5.41, 5.74) is -0.299. The molecule has 5 nitrogen and oxygen atoms in total. The number of rotatable bonds is 6. The van der Waals surface area contributed by atoms with Crippen LogP contribution in [0, 0.1) is 5.82 Å². The molecule has 10 heteroatoms. The highest BCUT2D eigenvalue weighted by Gasteiger charge is 2.31. The van der Waals surface area contributed by atoms with Gasteiger partial charge >= 0.3 is 6.18 Å². The highest BCUT2D eigenvalue weighted by Crippen LogP contribution is 2.32. The molecule has 1 N–H and O–H groups in total. The van der Waals surface area contributed by atoms with Crippen LogP contribution in [0.2, 0.25) is 0 Å². The number of amides is 2. The fraction of sp³-hybridized carbons (Fsp3) is 0.364.